The molecule has 0 spiro atoms. The van der Waals surface area contributed by atoms with Crippen molar-refractivity contribution in [2.75, 3.05) is 0 Å². The van der Waals surface area contributed by atoms with Crippen molar-refractivity contribution in [1.82, 2.24) is 29.5 Å². The summed E-state index contributed by atoms with van der Waals surface area (Å²) in [7, 11) is 0. The zero-order chi connectivity index (χ0) is 13.4. The highest BCUT2D eigenvalue weighted by Gasteiger charge is 2.25. The average Bonchev–Trinajstić information content (AvgIpc) is 3.19. The summed E-state index contributed by atoms with van der Waals surface area (Å²) >= 11 is 0. The van der Waals surface area contributed by atoms with Gasteiger partial charge in [0.15, 0.2) is 5.82 Å². The third-order valence-electron chi connectivity index (χ3n) is 3.67. The molecule has 3 aromatic heterocycles. The largest absolute Gasteiger partial charge is 0.339 e. The summed E-state index contributed by atoms with van der Waals surface area (Å²) in [6.45, 7) is 1.50. The summed E-state index contributed by atoms with van der Waals surface area (Å²) in [6.07, 6.45) is 9.32. The van der Waals surface area contributed by atoms with Crippen LogP contribution in [0, 0.1) is 0 Å². The van der Waals surface area contributed by atoms with Crippen LogP contribution in [0.1, 0.15) is 29.7 Å². The Kier molecular flexibility index (Phi) is 2.61. The SMILES string of the molecule is c1cnn(Cc2noc(C3CCn4cncc4C3)n2)c1. The highest BCUT2D eigenvalue weighted by molar-refractivity contribution is 5.09. The van der Waals surface area contributed by atoms with Gasteiger partial charge in [-0.25, -0.2) is 4.98 Å². The van der Waals surface area contributed by atoms with Crippen LogP contribution in [0.4, 0.5) is 0 Å². The van der Waals surface area contributed by atoms with Crippen molar-refractivity contribution in [3.8, 4) is 0 Å². The van der Waals surface area contributed by atoms with Crippen LogP contribution in [0.3, 0.4) is 0 Å². The molecule has 102 valence electrons. The summed E-state index contributed by atoms with van der Waals surface area (Å²) in [5, 5.41) is 8.18. The molecule has 1 aliphatic rings. The fraction of sp³-hybridized carbons (Fsp3) is 0.385. The van der Waals surface area contributed by atoms with E-state index in [9.17, 15) is 0 Å². The molecule has 0 saturated heterocycles. The van der Waals surface area contributed by atoms with Crippen LogP contribution in [0.2, 0.25) is 0 Å². The third-order valence-corrected chi connectivity index (χ3v) is 3.67. The van der Waals surface area contributed by atoms with Crippen molar-refractivity contribution in [2.24, 2.45) is 0 Å². The zero-order valence-corrected chi connectivity index (χ0v) is 10.9. The van der Waals surface area contributed by atoms with E-state index in [-0.39, 0.29) is 5.92 Å². The smallest absolute Gasteiger partial charge is 0.230 e. The molecule has 7 heteroatoms. The molecule has 0 fully saturated rings. The summed E-state index contributed by atoms with van der Waals surface area (Å²) in [5.74, 6) is 1.68. The molecular weight excluding hydrogens is 256 g/mol. The maximum atomic E-state index is 5.41. The second kappa shape index (κ2) is 4.59. The summed E-state index contributed by atoms with van der Waals surface area (Å²) < 4.78 is 9.37. The standard InChI is InChI=1S/C13H14N6O/c1-3-15-19(4-1)8-12-16-13(20-17-12)10-2-5-18-9-14-7-11(18)6-10/h1,3-4,7,9-10H,2,5-6,8H2. The maximum Gasteiger partial charge on any atom is 0.230 e. The number of rotatable bonds is 3. The van der Waals surface area contributed by atoms with Crippen molar-refractivity contribution < 1.29 is 4.52 Å². The first-order valence-corrected chi connectivity index (χ1v) is 6.67. The van der Waals surface area contributed by atoms with E-state index < -0.39 is 0 Å². The molecule has 0 N–H and O–H groups in total. The molecule has 1 atom stereocenters. The molecule has 20 heavy (non-hydrogen) atoms. The van der Waals surface area contributed by atoms with Gasteiger partial charge in [-0.3, -0.25) is 4.68 Å². The molecule has 4 rings (SSSR count). The van der Waals surface area contributed by atoms with Gasteiger partial charge in [-0.1, -0.05) is 5.16 Å². The van der Waals surface area contributed by atoms with Gasteiger partial charge in [0, 0.05) is 43.2 Å². The van der Waals surface area contributed by atoms with Gasteiger partial charge in [-0.15, -0.1) is 0 Å². The highest BCUT2D eigenvalue weighted by Crippen LogP contribution is 2.28. The number of nitrogens with zero attached hydrogens (tertiary/aromatic N) is 6. The lowest BCUT2D eigenvalue weighted by Gasteiger charge is -2.20. The number of hydrogen-bond acceptors (Lipinski definition) is 5. The van der Waals surface area contributed by atoms with Crippen LogP contribution in [-0.4, -0.2) is 29.5 Å². The van der Waals surface area contributed by atoms with Crippen LogP contribution in [-0.2, 0) is 19.5 Å². The Balaban J connectivity index is 1.51. The minimum atomic E-state index is 0.290. The zero-order valence-electron chi connectivity index (χ0n) is 10.9. The maximum absolute atomic E-state index is 5.41. The first kappa shape index (κ1) is 11.4. The van der Waals surface area contributed by atoms with Crippen LogP contribution < -0.4 is 0 Å². The average molecular weight is 270 g/mol. The quantitative estimate of drug-likeness (QED) is 0.715. The number of fused-ring (bicyclic) bond motifs is 1. The molecule has 0 aliphatic carbocycles. The van der Waals surface area contributed by atoms with Gasteiger partial charge >= 0.3 is 0 Å². The third kappa shape index (κ3) is 2.01. The van der Waals surface area contributed by atoms with Crippen molar-refractivity contribution in [3.05, 3.63) is 48.4 Å². The second-order valence-electron chi connectivity index (χ2n) is 5.02. The Morgan fingerprint density at radius 3 is 3.30 bits per heavy atom. The molecule has 4 heterocycles. The van der Waals surface area contributed by atoms with E-state index in [1.807, 2.05) is 24.8 Å². The first-order valence-electron chi connectivity index (χ1n) is 6.67. The fourth-order valence-electron chi connectivity index (χ4n) is 2.62. The Bertz CT molecular complexity index is 698. The Morgan fingerprint density at radius 1 is 1.40 bits per heavy atom. The summed E-state index contributed by atoms with van der Waals surface area (Å²) in [5.41, 5.74) is 1.23. The predicted molar refractivity (Wildman–Crippen MR) is 68.9 cm³/mol. The molecule has 3 aromatic rings. The fourth-order valence-corrected chi connectivity index (χ4v) is 2.62. The Hall–Kier alpha value is -2.44. The lowest BCUT2D eigenvalue weighted by atomic mass is 9.96. The molecular formula is C13H14N6O. The minimum Gasteiger partial charge on any atom is -0.339 e. The number of hydrogen-bond donors (Lipinski definition) is 0. The molecule has 1 aliphatic heterocycles. The summed E-state index contributed by atoms with van der Waals surface area (Å²) in [4.78, 5) is 8.67. The van der Waals surface area contributed by atoms with Gasteiger partial charge in [0.25, 0.3) is 0 Å². The van der Waals surface area contributed by atoms with Crippen LogP contribution in [0.5, 0.6) is 0 Å². The minimum absolute atomic E-state index is 0.290. The predicted octanol–water partition coefficient (Wildman–Crippen LogP) is 1.24. The Morgan fingerprint density at radius 2 is 2.40 bits per heavy atom. The van der Waals surface area contributed by atoms with Crippen LogP contribution >= 0.6 is 0 Å². The van der Waals surface area contributed by atoms with Gasteiger partial charge in [-0.2, -0.15) is 10.1 Å². The normalized spacial score (nSPS) is 18.1. The number of aryl methyl sites for hydroxylation is 1. The lowest BCUT2D eigenvalue weighted by Crippen LogP contribution is -2.17. The van der Waals surface area contributed by atoms with E-state index in [0.29, 0.717) is 12.4 Å². The van der Waals surface area contributed by atoms with Gasteiger partial charge in [0.05, 0.1) is 6.33 Å². The van der Waals surface area contributed by atoms with E-state index in [1.165, 1.54) is 5.69 Å². The summed E-state index contributed by atoms with van der Waals surface area (Å²) in [6, 6.07) is 1.88. The van der Waals surface area contributed by atoms with E-state index in [4.69, 9.17) is 4.52 Å². The van der Waals surface area contributed by atoms with Gasteiger partial charge in [-0.05, 0) is 12.5 Å². The molecule has 0 bridgehead atoms. The Labute approximate surface area is 115 Å². The van der Waals surface area contributed by atoms with Crippen molar-refractivity contribution in [2.45, 2.75) is 31.8 Å². The van der Waals surface area contributed by atoms with E-state index in [0.717, 1.165) is 25.3 Å². The molecule has 7 nitrogen and oxygen atoms in total. The molecule has 0 radical (unpaired) electrons. The van der Waals surface area contributed by atoms with Gasteiger partial charge in [0.2, 0.25) is 5.89 Å². The van der Waals surface area contributed by atoms with Gasteiger partial charge in [0.1, 0.15) is 6.54 Å². The van der Waals surface area contributed by atoms with Crippen molar-refractivity contribution in [3.63, 3.8) is 0 Å². The molecule has 0 aromatic carbocycles. The molecule has 1 unspecified atom stereocenters. The topological polar surface area (TPSA) is 74.6 Å². The van der Waals surface area contributed by atoms with E-state index in [2.05, 4.69) is 24.8 Å². The van der Waals surface area contributed by atoms with Crippen LogP contribution in [0.25, 0.3) is 0 Å². The van der Waals surface area contributed by atoms with E-state index >= 15 is 0 Å². The molecule has 0 saturated carbocycles. The van der Waals surface area contributed by atoms with Crippen molar-refractivity contribution in [1.29, 1.82) is 0 Å². The highest BCUT2D eigenvalue weighted by atomic mass is 16.5. The van der Waals surface area contributed by atoms with Crippen LogP contribution in [0.15, 0.2) is 35.5 Å². The lowest BCUT2D eigenvalue weighted by molar-refractivity contribution is 0.322. The number of imidazole rings is 1. The first-order chi connectivity index (χ1) is 9.88. The number of aromatic nitrogens is 6. The van der Waals surface area contributed by atoms with Gasteiger partial charge < -0.3 is 9.09 Å². The monoisotopic (exact) mass is 270 g/mol. The van der Waals surface area contributed by atoms with E-state index in [1.54, 1.807) is 10.9 Å². The second-order valence-corrected chi connectivity index (χ2v) is 5.02. The molecule has 0 amide bonds. The van der Waals surface area contributed by atoms with Crippen molar-refractivity contribution >= 4 is 0 Å².